The van der Waals surface area contributed by atoms with Gasteiger partial charge >= 0.3 is 0 Å². The lowest BCUT2D eigenvalue weighted by Gasteiger charge is -2.50. The average molecular weight is 495 g/mol. The number of benzene rings is 1. The van der Waals surface area contributed by atoms with E-state index in [-0.39, 0.29) is 5.41 Å². The quantitative estimate of drug-likeness (QED) is 0.580. The van der Waals surface area contributed by atoms with Crippen LogP contribution in [0.1, 0.15) is 56.9 Å². The van der Waals surface area contributed by atoms with E-state index in [2.05, 4.69) is 26.8 Å². The van der Waals surface area contributed by atoms with Crippen LogP contribution in [0.2, 0.25) is 10.0 Å². The number of amides is 1. The van der Waals surface area contributed by atoms with Crippen LogP contribution in [0.25, 0.3) is 0 Å². The summed E-state index contributed by atoms with van der Waals surface area (Å²) in [4.78, 5) is 20.4. The normalized spacial score (nSPS) is 28.8. The predicted molar refractivity (Wildman–Crippen MR) is 133 cm³/mol. The van der Waals surface area contributed by atoms with E-state index in [1.165, 1.54) is 24.8 Å². The van der Waals surface area contributed by atoms with Gasteiger partial charge in [0, 0.05) is 56.6 Å². The molecule has 0 N–H and O–H groups in total. The fourth-order valence-electron chi connectivity index (χ4n) is 6.39. The van der Waals surface area contributed by atoms with Gasteiger partial charge in [0.1, 0.15) is 0 Å². The van der Waals surface area contributed by atoms with Crippen molar-refractivity contribution in [2.24, 2.45) is 0 Å². The van der Waals surface area contributed by atoms with Crippen molar-refractivity contribution >= 4 is 29.1 Å². The van der Waals surface area contributed by atoms with Gasteiger partial charge in [-0.05, 0) is 49.9 Å². The maximum atomic E-state index is 13.0. The Bertz CT molecular complexity index is 835. The van der Waals surface area contributed by atoms with E-state index in [9.17, 15) is 4.79 Å². The van der Waals surface area contributed by atoms with Crippen LogP contribution in [0.3, 0.4) is 0 Å². The van der Waals surface area contributed by atoms with Crippen molar-refractivity contribution in [2.75, 3.05) is 52.5 Å². The molecular formula is C26H37Cl2N3O2. The van der Waals surface area contributed by atoms with Crippen molar-refractivity contribution in [2.45, 2.75) is 68.9 Å². The van der Waals surface area contributed by atoms with Crippen LogP contribution >= 0.6 is 23.2 Å². The molecule has 0 aromatic heterocycles. The Hall–Kier alpha value is -0.850. The van der Waals surface area contributed by atoms with E-state index in [1.54, 1.807) is 0 Å². The summed E-state index contributed by atoms with van der Waals surface area (Å²) in [5.41, 5.74) is 1.19. The Kier molecular flexibility index (Phi) is 7.53. The van der Waals surface area contributed by atoms with Gasteiger partial charge in [-0.3, -0.25) is 9.69 Å². The van der Waals surface area contributed by atoms with Gasteiger partial charge in [-0.1, -0.05) is 48.5 Å². The highest BCUT2D eigenvalue weighted by Crippen LogP contribution is 2.42. The highest BCUT2D eigenvalue weighted by molar-refractivity contribution is 6.42. The smallest absolute Gasteiger partial charge is 0.222 e. The van der Waals surface area contributed by atoms with Crippen molar-refractivity contribution in [3.63, 3.8) is 0 Å². The van der Waals surface area contributed by atoms with Crippen LogP contribution in [0.15, 0.2) is 18.2 Å². The van der Waals surface area contributed by atoms with Crippen LogP contribution < -0.4 is 0 Å². The minimum Gasteiger partial charge on any atom is -0.379 e. The van der Waals surface area contributed by atoms with E-state index in [0.717, 1.165) is 78.2 Å². The van der Waals surface area contributed by atoms with Crippen molar-refractivity contribution in [1.29, 1.82) is 0 Å². The second-order valence-electron chi connectivity index (χ2n) is 10.5. The van der Waals surface area contributed by atoms with Crippen LogP contribution in [0.5, 0.6) is 0 Å². The summed E-state index contributed by atoms with van der Waals surface area (Å²) >= 11 is 12.7. The first kappa shape index (κ1) is 23.9. The minimum atomic E-state index is -0.0519. The number of hydrogen-bond acceptors (Lipinski definition) is 4. The van der Waals surface area contributed by atoms with Crippen molar-refractivity contribution in [1.82, 2.24) is 14.7 Å². The van der Waals surface area contributed by atoms with Gasteiger partial charge in [0.15, 0.2) is 0 Å². The number of rotatable bonds is 6. The van der Waals surface area contributed by atoms with E-state index in [0.29, 0.717) is 34.5 Å². The molecule has 0 spiro atoms. The zero-order valence-electron chi connectivity index (χ0n) is 19.6. The summed E-state index contributed by atoms with van der Waals surface area (Å²) in [6, 6.07) is 7.21. The Labute approximate surface area is 208 Å². The number of likely N-dealkylation sites (tertiary alicyclic amines) is 2. The number of piperidine rings is 1. The van der Waals surface area contributed by atoms with Crippen LogP contribution in [-0.4, -0.2) is 85.2 Å². The third-order valence-electron chi connectivity index (χ3n) is 8.56. The molecule has 3 aliphatic heterocycles. The molecule has 7 heteroatoms. The molecule has 1 saturated carbocycles. The zero-order valence-corrected chi connectivity index (χ0v) is 21.1. The van der Waals surface area contributed by atoms with Gasteiger partial charge in [-0.25, -0.2) is 0 Å². The van der Waals surface area contributed by atoms with Crippen molar-refractivity contribution in [3.8, 4) is 0 Å². The molecule has 0 bridgehead atoms. The minimum absolute atomic E-state index is 0.0519. The molecule has 33 heavy (non-hydrogen) atoms. The lowest BCUT2D eigenvalue weighted by Crippen LogP contribution is -2.62. The maximum Gasteiger partial charge on any atom is 0.222 e. The number of hydrogen-bond donors (Lipinski definition) is 0. The second kappa shape index (κ2) is 10.4. The Morgan fingerprint density at radius 1 is 1.00 bits per heavy atom. The van der Waals surface area contributed by atoms with Gasteiger partial charge in [-0.15, -0.1) is 0 Å². The first-order valence-corrected chi connectivity index (χ1v) is 13.6. The first-order chi connectivity index (χ1) is 16.0. The number of nitrogens with zero attached hydrogens (tertiary/aromatic N) is 3. The SMILES string of the molecule is O=C1CC[C@](CCN2CC(N3CCOCC3)C2)(c2ccc(Cl)c(Cl)c2)CN1C1CCCCC1. The molecule has 4 aliphatic rings. The average Bonchev–Trinajstić information content (AvgIpc) is 2.82. The van der Waals surface area contributed by atoms with Crippen molar-refractivity contribution in [3.05, 3.63) is 33.8 Å². The van der Waals surface area contributed by atoms with Crippen LogP contribution in [0.4, 0.5) is 0 Å². The van der Waals surface area contributed by atoms with Gasteiger partial charge in [-0.2, -0.15) is 0 Å². The van der Waals surface area contributed by atoms with E-state index in [4.69, 9.17) is 27.9 Å². The summed E-state index contributed by atoms with van der Waals surface area (Å²) in [6.45, 7) is 8.01. The Morgan fingerprint density at radius 3 is 2.48 bits per heavy atom. The largest absolute Gasteiger partial charge is 0.379 e. The molecule has 3 heterocycles. The zero-order chi connectivity index (χ0) is 22.8. The molecule has 0 radical (unpaired) electrons. The van der Waals surface area contributed by atoms with Gasteiger partial charge in [0.05, 0.1) is 23.3 Å². The second-order valence-corrected chi connectivity index (χ2v) is 11.3. The standard InChI is InChI=1S/C26H37Cl2N3O2/c27-23-7-6-20(16-24(23)28)26(9-8-25(32)31(19-26)21-4-2-1-3-5-21)10-11-29-17-22(18-29)30-12-14-33-15-13-30/h6-7,16,21-22H,1-5,8-15,17-19H2/t26-/m1/s1. The lowest BCUT2D eigenvalue weighted by molar-refractivity contribution is -0.139. The van der Waals surface area contributed by atoms with Crippen LogP contribution in [-0.2, 0) is 14.9 Å². The fraction of sp³-hybridized carbons (Fsp3) is 0.731. The molecule has 0 unspecified atom stereocenters. The number of carbonyl (C=O) groups excluding carboxylic acids is 1. The number of morpholine rings is 1. The van der Waals surface area contributed by atoms with E-state index < -0.39 is 0 Å². The summed E-state index contributed by atoms with van der Waals surface area (Å²) in [5.74, 6) is 0.342. The Morgan fingerprint density at radius 2 is 1.76 bits per heavy atom. The third kappa shape index (κ3) is 5.23. The molecule has 4 fully saturated rings. The first-order valence-electron chi connectivity index (χ1n) is 12.8. The fourth-order valence-corrected chi connectivity index (χ4v) is 6.69. The molecule has 5 rings (SSSR count). The molecular weight excluding hydrogens is 457 g/mol. The highest BCUT2D eigenvalue weighted by Gasteiger charge is 2.43. The van der Waals surface area contributed by atoms with Gasteiger partial charge in [0.25, 0.3) is 0 Å². The molecule has 1 amide bonds. The number of ether oxygens (including phenoxy) is 1. The lowest BCUT2D eigenvalue weighted by atomic mass is 9.70. The maximum absolute atomic E-state index is 13.0. The van der Waals surface area contributed by atoms with Crippen LogP contribution in [0, 0.1) is 0 Å². The molecule has 182 valence electrons. The van der Waals surface area contributed by atoms with E-state index in [1.807, 2.05) is 6.07 Å². The summed E-state index contributed by atoms with van der Waals surface area (Å²) < 4.78 is 5.51. The van der Waals surface area contributed by atoms with Gasteiger partial charge in [0.2, 0.25) is 5.91 Å². The number of halogens is 2. The topological polar surface area (TPSA) is 36.0 Å². The Balaban J connectivity index is 1.30. The predicted octanol–water partition coefficient (Wildman–Crippen LogP) is 4.59. The highest BCUT2D eigenvalue weighted by atomic mass is 35.5. The summed E-state index contributed by atoms with van der Waals surface area (Å²) in [7, 11) is 0. The molecule has 1 aliphatic carbocycles. The molecule has 3 saturated heterocycles. The molecule has 5 nitrogen and oxygen atoms in total. The molecule has 1 atom stereocenters. The monoisotopic (exact) mass is 493 g/mol. The number of carbonyl (C=O) groups is 1. The van der Waals surface area contributed by atoms with Gasteiger partial charge < -0.3 is 14.5 Å². The molecule has 1 aromatic carbocycles. The summed E-state index contributed by atoms with van der Waals surface area (Å²) in [5, 5.41) is 1.22. The van der Waals surface area contributed by atoms with E-state index >= 15 is 0 Å². The summed E-state index contributed by atoms with van der Waals surface area (Å²) in [6.07, 6.45) is 8.66. The molecule has 1 aromatic rings. The van der Waals surface area contributed by atoms with Crippen molar-refractivity contribution < 1.29 is 9.53 Å². The third-order valence-corrected chi connectivity index (χ3v) is 9.30.